The molecule has 2 aromatic carbocycles. The molecule has 0 amide bonds. The molecule has 3 aromatic rings. The number of nitrogens with zero attached hydrogens (tertiary/aromatic N) is 4. The van der Waals surface area contributed by atoms with Crippen LogP contribution in [0, 0.1) is 17.1 Å². The summed E-state index contributed by atoms with van der Waals surface area (Å²) in [6.45, 7) is 3.90. The lowest BCUT2D eigenvalue weighted by Crippen LogP contribution is -2.37. The summed E-state index contributed by atoms with van der Waals surface area (Å²) in [7, 11) is 1.64. The van der Waals surface area contributed by atoms with Crippen LogP contribution in [-0.2, 0) is 13.0 Å². The van der Waals surface area contributed by atoms with Gasteiger partial charge in [-0.1, -0.05) is 12.1 Å². The average Bonchev–Trinajstić information content (AvgIpc) is 3.15. The van der Waals surface area contributed by atoms with Crippen LogP contribution in [0.4, 0.5) is 10.2 Å². The van der Waals surface area contributed by atoms with Gasteiger partial charge in [0.2, 0.25) is 0 Å². The van der Waals surface area contributed by atoms with Crippen LogP contribution in [-0.4, -0.2) is 35.9 Å². The average molecular weight is 450 g/mol. The minimum absolute atomic E-state index is 0.250. The number of aromatic nitrogens is 2. The number of aryl methyl sites for hydroxylation is 1. The molecule has 1 aromatic heterocycles. The number of nitrogens with two attached hydrogens (primary N) is 1. The van der Waals surface area contributed by atoms with Gasteiger partial charge in [0, 0.05) is 13.1 Å². The van der Waals surface area contributed by atoms with Gasteiger partial charge < -0.3 is 21.1 Å². The SMILES string of the molecule is CCNC(=NCc1cccc(OC)c1)NCCCc1nn(-c2ccc(F)cc2)c(N)c1C#N. The molecule has 0 spiro atoms. The van der Waals surface area contributed by atoms with Gasteiger partial charge in [0.1, 0.15) is 29.0 Å². The van der Waals surface area contributed by atoms with E-state index < -0.39 is 0 Å². The second-order valence-corrected chi connectivity index (χ2v) is 7.28. The quantitative estimate of drug-likeness (QED) is 0.263. The molecule has 0 aliphatic carbocycles. The van der Waals surface area contributed by atoms with Crippen molar-refractivity contribution < 1.29 is 9.13 Å². The number of nitriles is 1. The molecule has 0 saturated heterocycles. The number of hydrogen-bond donors (Lipinski definition) is 3. The van der Waals surface area contributed by atoms with Crippen molar-refractivity contribution in [2.24, 2.45) is 4.99 Å². The molecule has 3 rings (SSSR count). The molecule has 0 unspecified atom stereocenters. The molecule has 9 heteroatoms. The number of guanidine groups is 1. The number of rotatable bonds is 9. The molecule has 172 valence electrons. The molecular formula is C24H28FN7O. The predicted molar refractivity (Wildman–Crippen MR) is 127 cm³/mol. The normalized spacial score (nSPS) is 11.2. The Bertz CT molecular complexity index is 1130. The lowest BCUT2D eigenvalue weighted by molar-refractivity contribution is 0.414. The van der Waals surface area contributed by atoms with Gasteiger partial charge >= 0.3 is 0 Å². The summed E-state index contributed by atoms with van der Waals surface area (Å²) in [6, 6.07) is 15.7. The number of hydrogen-bond acceptors (Lipinski definition) is 5. The highest BCUT2D eigenvalue weighted by Crippen LogP contribution is 2.21. The van der Waals surface area contributed by atoms with E-state index in [2.05, 4.69) is 26.8 Å². The maximum absolute atomic E-state index is 13.2. The molecule has 33 heavy (non-hydrogen) atoms. The van der Waals surface area contributed by atoms with Crippen molar-refractivity contribution in [3.8, 4) is 17.5 Å². The highest BCUT2D eigenvalue weighted by molar-refractivity contribution is 5.79. The van der Waals surface area contributed by atoms with Gasteiger partial charge in [0.05, 0.1) is 25.0 Å². The molecule has 0 atom stereocenters. The van der Waals surface area contributed by atoms with Gasteiger partial charge in [-0.3, -0.25) is 0 Å². The predicted octanol–water partition coefficient (Wildman–Crippen LogP) is 3.16. The van der Waals surface area contributed by atoms with E-state index in [4.69, 9.17) is 10.5 Å². The molecule has 0 aliphatic rings. The summed E-state index contributed by atoms with van der Waals surface area (Å²) in [5.41, 5.74) is 8.73. The number of nitrogen functional groups attached to an aromatic ring is 1. The number of benzene rings is 2. The van der Waals surface area contributed by atoms with Gasteiger partial charge in [-0.25, -0.2) is 14.1 Å². The first-order valence-electron chi connectivity index (χ1n) is 10.7. The van der Waals surface area contributed by atoms with Crippen LogP contribution in [0.1, 0.15) is 30.2 Å². The first-order chi connectivity index (χ1) is 16.0. The van der Waals surface area contributed by atoms with Crippen LogP contribution in [0.25, 0.3) is 5.69 Å². The first-order valence-corrected chi connectivity index (χ1v) is 10.7. The monoisotopic (exact) mass is 449 g/mol. The Labute approximate surface area is 192 Å². The van der Waals surface area contributed by atoms with E-state index >= 15 is 0 Å². The zero-order chi connectivity index (χ0) is 23.6. The molecule has 8 nitrogen and oxygen atoms in total. The number of nitrogens with one attached hydrogen (secondary N) is 2. The molecular weight excluding hydrogens is 421 g/mol. The minimum atomic E-state index is -0.346. The van der Waals surface area contributed by atoms with E-state index in [1.54, 1.807) is 19.2 Å². The molecule has 0 fully saturated rings. The van der Waals surface area contributed by atoms with Crippen molar-refractivity contribution in [3.05, 3.63) is 71.2 Å². The van der Waals surface area contributed by atoms with Crippen molar-refractivity contribution in [2.45, 2.75) is 26.3 Å². The van der Waals surface area contributed by atoms with Gasteiger partial charge in [-0.05, 0) is 61.7 Å². The zero-order valence-corrected chi connectivity index (χ0v) is 18.8. The summed E-state index contributed by atoms with van der Waals surface area (Å²) < 4.78 is 20.0. The van der Waals surface area contributed by atoms with Crippen LogP contribution >= 0.6 is 0 Å². The number of methoxy groups -OCH3 is 1. The van der Waals surface area contributed by atoms with Crippen molar-refractivity contribution in [1.82, 2.24) is 20.4 Å². The Hall–Kier alpha value is -4.06. The summed E-state index contributed by atoms with van der Waals surface area (Å²) in [5.74, 6) is 1.41. The molecule has 4 N–H and O–H groups in total. The topological polar surface area (TPSA) is 113 Å². The summed E-state index contributed by atoms with van der Waals surface area (Å²) >= 11 is 0. The third-order valence-electron chi connectivity index (χ3n) is 4.96. The van der Waals surface area contributed by atoms with Gasteiger partial charge in [0.25, 0.3) is 0 Å². The number of aliphatic imine (C=N–C) groups is 1. The Morgan fingerprint density at radius 3 is 2.73 bits per heavy atom. The minimum Gasteiger partial charge on any atom is -0.497 e. The summed E-state index contributed by atoms with van der Waals surface area (Å²) in [6.07, 6.45) is 1.28. The third-order valence-corrected chi connectivity index (χ3v) is 4.96. The highest BCUT2D eigenvalue weighted by atomic mass is 19.1. The van der Waals surface area contributed by atoms with Crippen LogP contribution in [0.15, 0.2) is 53.5 Å². The largest absolute Gasteiger partial charge is 0.497 e. The third kappa shape index (κ3) is 6.23. The fourth-order valence-corrected chi connectivity index (χ4v) is 3.30. The van der Waals surface area contributed by atoms with Crippen molar-refractivity contribution >= 4 is 11.8 Å². The van der Waals surface area contributed by atoms with E-state index in [1.807, 2.05) is 31.2 Å². The Kier molecular flexibility index (Phi) is 8.24. The fraction of sp³-hybridized carbons (Fsp3) is 0.292. The maximum Gasteiger partial charge on any atom is 0.191 e. The van der Waals surface area contributed by atoms with Crippen molar-refractivity contribution in [3.63, 3.8) is 0 Å². The molecule has 0 radical (unpaired) electrons. The Balaban J connectivity index is 1.61. The number of halogens is 1. The van der Waals surface area contributed by atoms with E-state index in [-0.39, 0.29) is 11.6 Å². The molecule has 0 aliphatic heterocycles. The van der Waals surface area contributed by atoms with Gasteiger partial charge in [-0.2, -0.15) is 10.4 Å². The second kappa shape index (κ2) is 11.5. The van der Waals surface area contributed by atoms with Crippen LogP contribution in [0.5, 0.6) is 5.75 Å². The fourth-order valence-electron chi connectivity index (χ4n) is 3.30. The van der Waals surface area contributed by atoms with E-state index in [0.29, 0.717) is 42.4 Å². The van der Waals surface area contributed by atoms with Crippen LogP contribution in [0.2, 0.25) is 0 Å². The van der Waals surface area contributed by atoms with Gasteiger partial charge in [0.15, 0.2) is 5.96 Å². The lowest BCUT2D eigenvalue weighted by Gasteiger charge is -2.11. The zero-order valence-electron chi connectivity index (χ0n) is 18.8. The first kappa shape index (κ1) is 23.6. The Morgan fingerprint density at radius 1 is 1.24 bits per heavy atom. The molecule has 0 bridgehead atoms. The smallest absolute Gasteiger partial charge is 0.191 e. The van der Waals surface area contributed by atoms with Gasteiger partial charge in [-0.15, -0.1) is 0 Å². The highest BCUT2D eigenvalue weighted by Gasteiger charge is 2.16. The molecule has 0 saturated carbocycles. The lowest BCUT2D eigenvalue weighted by atomic mass is 10.1. The second-order valence-electron chi connectivity index (χ2n) is 7.28. The number of anilines is 1. The van der Waals surface area contributed by atoms with E-state index in [0.717, 1.165) is 24.3 Å². The molecule has 1 heterocycles. The Morgan fingerprint density at radius 2 is 2.03 bits per heavy atom. The van der Waals surface area contributed by atoms with Crippen LogP contribution < -0.4 is 21.1 Å². The number of ether oxygens (including phenoxy) is 1. The standard InChI is InChI=1S/C24H28FN7O/c1-3-28-24(30-16-17-6-4-7-20(14-17)33-2)29-13-5-8-22-21(15-26)23(27)32(31-22)19-11-9-18(25)10-12-19/h4,6-7,9-12,14H,3,5,8,13,16,27H2,1-2H3,(H2,28,29,30). The maximum atomic E-state index is 13.2. The van der Waals surface area contributed by atoms with E-state index in [1.165, 1.54) is 16.8 Å². The summed E-state index contributed by atoms with van der Waals surface area (Å²) in [5, 5.41) is 20.6. The van der Waals surface area contributed by atoms with Crippen molar-refractivity contribution in [1.29, 1.82) is 5.26 Å². The van der Waals surface area contributed by atoms with Crippen molar-refractivity contribution in [2.75, 3.05) is 25.9 Å². The van der Waals surface area contributed by atoms with Crippen LogP contribution in [0.3, 0.4) is 0 Å². The summed E-state index contributed by atoms with van der Waals surface area (Å²) in [4.78, 5) is 4.62. The van der Waals surface area contributed by atoms with E-state index in [9.17, 15) is 9.65 Å².